The van der Waals surface area contributed by atoms with Gasteiger partial charge in [-0.1, -0.05) is 56.3 Å². The summed E-state index contributed by atoms with van der Waals surface area (Å²) in [7, 11) is 0. The average molecular weight is 309 g/mol. The molecule has 0 amide bonds. The SMILES string of the molecule is CC(C)C[C@H](N)C(=O)OCc1cccc2c1Cc1ccccc1-2. The maximum absolute atomic E-state index is 12.0. The van der Waals surface area contributed by atoms with Crippen molar-refractivity contribution in [2.45, 2.75) is 39.3 Å². The molecule has 3 rings (SSSR count). The Morgan fingerprint density at radius 3 is 2.65 bits per heavy atom. The summed E-state index contributed by atoms with van der Waals surface area (Å²) in [6, 6.07) is 14.1. The molecule has 0 fully saturated rings. The molecule has 0 radical (unpaired) electrons. The first-order valence-corrected chi connectivity index (χ1v) is 8.17. The summed E-state index contributed by atoms with van der Waals surface area (Å²) in [6.45, 7) is 4.39. The molecule has 3 heteroatoms. The maximum Gasteiger partial charge on any atom is 0.323 e. The molecule has 3 nitrogen and oxygen atoms in total. The monoisotopic (exact) mass is 309 g/mol. The lowest BCUT2D eigenvalue weighted by Gasteiger charge is -2.14. The van der Waals surface area contributed by atoms with Crippen LogP contribution in [0.3, 0.4) is 0 Å². The Kier molecular flexibility index (Phi) is 4.49. The van der Waals surface area contributed by atoms with Crippen LogP contribution in [0.2, 0.25) is 0 Å². The van der Waals surface area contributed by atoms with E-state index in [-0.39, 0.29) is 5.97 Å². The number of rotatable bonds is 5. The lowest BCUT2D eigenvalue weighted by Crippen LogP contribution is -2.33. The molecule has 1 aliphatic carbocycles. The largest absolute Gasteiger partial charge is 0.460 e. The van der Waals surface area contributed by atoms with E-state index >= 15 is 0 Å². The van der Waals surface area contributed by atoms with Crippen molar-refractivity contribution in [3.05, 3.63) is 59.2 Å². The zero-order valence-electron chi connectivity index (χ0n) is 13.7. The third-order valence-corrected chi connectivity index (χ3v) is 4.35. The fourth-order valence-electron chi connectivity index (χ4n) is 3.22. The van der Waals surface area contributed by atoms with Crippen LogP contribution in [-0.4, -0.2) is 12.0 Å². The van der Waals surface area contributed by atoms with Crippen LogP contribution in [0.5, 0.6) is 0 Å². The Morgan fingerprint density at radius 1 is 1.13 bits per heavy atom. The van der Waals surface area contributed by atoms with Gasteiger partial charge in [-0.15, -0.1) is 0 Å². The molecule has 120 valence electrons. The smallest absolute Gasteiger partial charge is 0.323 e. The van der Waals surface area contributed by atoms with Crippen molar-refractivity contribution >= 4 is 5.97 Å². The highest BCUT2D eigenvalue weighted by Gasteiger charge is 2.22. The molecule has 1 atom stereocenters. The van der Waals surface area contributed by atoms with Crippen LogP contribution in [0.1, 0.15) is 37.0 Å². The van der Waals surface area contributed by atoms with Crippen molar-refractivity contribution in [3.8, 4) is 11.1 Å². The number of hydrogen-bond acceptors (Lipinski definition) is 3. The average Bonchev–Trinajstić information content (AvgIpc) is 2.91. The maximum atomic E-state index is 12.0. The van der Waals surface area contributed by atoms with Crippen LogP contribution >= 0.6 is 0 Å². The van der Waals surface area contributed by atoms with Gasteiger partial charge in [-0.05, 0) is 46.6 Å². The second-order valence-corrected chi connectivity index (χ2v) is 6.62. The molecule has 2 aromatic carbocycles. The third-order valence-electron chi connectivity index (χ3n) is 4.35. The number of carbonyl (C=O) groups excluding carboxylic acids is 1. The van der Waals surface area contributed by atoms with Crippen molar-refractivity contribution in [2.75, 3.05) is 0 Å². The van der Waals surface area contributed by atoms with Crippen LogP contribution in [-0.2, 0) is 22.6 Å². The summed E-state index contributed by atoms with van der Waals surface area (Å²) < 4.78 is 5.45. The van der Waals surface area contributed by atoms with Gasteiger partial charge in [0.1, 0.15) is 12.6 Å². The molecule has 0 aromatic heterocycles. The molecular formula is C20H23NO2. The number of hydrogen-bond donors (Lipinski definition) is 1. The molecule has 0 saturated carbocycles. The highest BCUT2D eigenvalue weighted by molar-refractivity contribution is 5.78. The van der Waals surface area contributed by atoms with E-state index in [1.807, 2.05) is 12.1 Å². The molecule has 0 spiro atoms. The summed E-state index contributed by atoms with van der Waals surface area (Å²) in [6.07, 6.45) is 1.55. The summed E-state index contributed by atoms with van der Waals surface area (Å²) in [5, 5.41) is 0. The van der Waals surface area contributed by atoms with E-state index in [4.69, 9.17) is 10.5 Å². The number of fused-ring (bicyclic) bond motifs is 3. The summed E-state index contributed by atoms with van der Waals surface area (Å²) in [5.74, 6) is 0.0693. The Morgan fingerprint density at radius 2 is 1.87 bits per heavy atom. The van der Waals surface area contributed by atoms with Gasteiger partial charge in [0, 0.05) is 0 Å². The molecule has 1 aliphatic rings. The first-order chi connectivity index (χ1) is 11.1. The van der Waals surface area contributed by atoms with E-state index < -0.39 is 6.04 Å². The molecule has 0 heterocycles. The predicted molar refractivity (Wildman–Crippen MR) is 91.9 cm³/mol. The van der Waals surface area contributed by atoms with Gasteiger partial charge >= 0.3 is 5.97 Å². The molecule has 2 N–H and O–H groups in total. The fraction of sp³-hybridized carbons (Fsp3) is 0.350. The highest BCUT2D eigenvalue weighted by Crippen LogP contribution is 2.38. The van der Waals surface area contributed by atoms with Crippen LogP contribution in [0, 0.1) is 5.92 Å². The van der Waals surface area contributed by atoms with Crippen LogP contribution in [0.4, 0.5) is 0 Å². The minimum atomic E-state index is -0.538. The zero-order chi connectivity index (χ0) is 16.4. The second-order valence-electron chi connectivity index (χ2n) is 6.62. The lowest BCUT2D eigenvalue weighted by molar-refractivity contribution is -0.146. The van der Waals surface area contributed by atoms with E-state index in [1.165, 1.54) is 22.3 Å². The van der Waals surface area contributed by atoms with Crippen LogP contribution in [0.15, 0.2) is 42.5 Å². The van der Waals surface area contributed by atoms with Gasteiger partial charge in [-0.2, -0.15) is 0 Å². The van der Waals surface area contributed by atoms with E-state index in [2.05, 4.69) is 44.2 Å². The van der Waals surface area contributed by atoms with Gasteiger partial charge in [-0.25, -0.2) is 0 Å². The quantitative estimate of drug-likeness (QED) is 0.732. The minimum Gasteiger partial charge on any atom is -0.460 e. The Bertz CT molecular complexity index is 721. The third kappa shape index (κ3) is 3.30. The van der Waals surface area contributed by atoms with E-state index in [0.29, 0.717) is 18.9 Å². The van der Waals surface area contributed by atoms with Gasteiger partial charge in [0.2, 0.25) is 0 Å². The molecule has 0 saturated heterocycles. The van der Waals surface area contributed by atoms with E-state index in [1.54, 1.807) is 0 Å². The van der Waals surface area contributed by atoms with Gasteiger partial charge < -0.3 is 10.5 Å². The number of nitrogens with two attached hydrogens (primary N) is 1. The Balaban J connectivity index is 1.73. The topological polar surface area (TPSA) is 52.3 Å². The van der Waals surface area contributed by atoms with Gasteiger partial charge in [0.05, 0.1) is 0 Å². The van der Waals surface area contributed by atoms with Crippen molar-refractivity contribution in [2.24, 2.45) is 11.7 Å². The second kappa shape index (κ2) is 6.55. The van der Waals surface area contributed by atoms with E-state index in [9.17, 15) is 4.79 Å². The van der Waals surface area contributed by atoms with Crippen LogP contribution < -0.4 is 5.73 Å². The Labute approximate surface area is 137 Å². The Hall–Kier alpha value is -2.13. The lowest BCUT2D eigenvalue weighted by atomic mass is 10.0. The van der Waals surface area contributed by atoms with Gasteiger partial charge in [0.15, 0.2) is 0 Å². The summed E-state index contributed by atoms with van der Waals surface area (Å²) >= 11 is 0. The standard InChI is InChI=1S/C20H23NO2/c1-13(2)10-19(21)20(22)23-12-15-7-5-9-17-16-8-4-3-6-14(16)11-18(15)17/h3-9,13,19H,10-12,21H2,1-2H3/t19-/m0/s1. The first-order valence-electron chi connectivity index (χ1n) is 8.17. The number of carbonyl (C=O) groups is 1. The first kappa shape index (κ1) is 15.8. The molecule has 0 unspecified atom stereocenters. The van der Waals surface area contributed by atoms with Crippen molar-refractivity contribution in [1.29, 1.82) is 0 Å². The minimum absolute atomic E-state index is 0.293. The molecule has 0 aliphatic heterocycles. The van der Waals surface area contributed by atoms with E-state index in [0.717, 1.165) is 12.0 Å². The van der Waals surface area contributed by atoms with Crippen molar-refractivity contribution in [3.63, 3.8) is 0 Å². The van der Waals surface area contributed by atoms with Crippen molar-refractivity contribution < 1.29 is 9.53 Å². The zero-order valence-corrected chi connectivity index (χ0v) is 13.7. The number of benzene rings is 2. The normalized spacial score (nSPS) is 13.6. The summed E-state index contributed by atoms with van der Waals surface area (Å²) in [5.41, 5.74) is 12.1. The van der Waals surface area contributed by atoms with Crippen LogP contribution in [0.25, 0.3) is 11.1 Å². The fourth-order valence-corrected chi connectivity index (χ4v) is 3.22. The van der Waals surface area contributed by atoms with Gasteiger partial charge in [0.25, 0.3) is 0 Å². The molecule has 2 aromatic rings. The summed E-state index contributed by atoms with van der Waals surface area (Å²) in [4.78, 5) is 12.0. The number of esters is 1. The molecular weight excluding hydrogens is 286 g/mol. The number of ether oxygens (including phenoxy) is 1. The van der Waals surface area contributed by atoms with Crippen molar-refractivity contribution in [1.82, 2.24) is 0 Å². The van der Waals surface area contributed by atoms with Gasteiger partial charge in [-0.3, -0.25) is 4.79 Å². The molecule has 0 bridgehead atoms. The predicted octanol–water partition coefficient (Wildman–Crippen LogP) is 3.67. The molecule has 23 heavy (non-hydrogen) atoms. The highest BCUT2D eigenvalue weighted by atomic mass is 16.5.